The molecule has 1 aliphatic rings. The van der Waals surface area contributed by atoms with Crippen LogP contribution in [0.3, 0.4) is 0 Å². The SMILES string of the molecule is O=C(O)C1CCN(C(=O)NCc2ccc(F)c(Cl)c2)CC1. The molecule has 0 unspecified atom stereocenters. The second-order valence-electron chi connectivity index (χ2n) is 5.01. The quantitative estimate of drug-likeness (QED) is 0.900. The highest BCUT2D eigenvalue weighted by molar-refractivity contribution is 6.30. The topological polar surface area (TPSA) is 69.6 Å². The van der Waals surface area contributed by atoms with Crippen LogP contribution in [-0.4, -0.2) is 35.1 Å². The van der Waals surface area contributed by atoms with Crippen LogP contribution in [0.2, 0.25) is 5.02 Å². The molecule has 0 saturated carbocycles. The second-order valence-corrected chi connectivity index (χ2v) is 5.41. The van der Waals surface area contributed by atoms with E-state index in [2.05, 4.69) is 5.32 Å². The van der Waals surface area contributed by atoms with Gasteiger partial charge in [-0.25, -0.2) is 9.18 Å². The highest BCUT2D eigenvalue weighted by Gasteiger charge is 2.26. The molecule has 0 radical (unpaired) electrons. The van der Waals surface area contributed by atoms with E-state index >= 15 is 0 Å². The van der Waals surface area contributed by atoms with Crippen molar-refractivity contribution in [2.45, 2.75) is 19.4 Å². The van der Waals surface area contributed by atoms with E-state index in [0.29, 0.717) is 31.5 Å². The molecular formula is C14H16ClFN2O3. The third-order valence-electron chi connectivity index (χ3n) is 3.56. The summed E-state index contributed by atoms with van der Waals surface area (Å²) in [5.74, 6) is -1.68. The Bertz CT molecular complexity index is 545. The summed E-state index contributed by atoms with van der Waals surface area (Å²) in [6, 6.07) is 4.02. The summed E-state index contributed by atoms with van der Waals surface area (Å²) >= 11 is 5.67. The van der Waals surface area contributed by atoms with Crippen molar-refractivity contribution < 1.29 is 19.1 Å². The van der Waals surface area contributed by atoms with Crippen molar-refractivity contribution in [2.75, 3.05) is 13.1 Å². The first-order valence-electron chi connectivity index (χ1n) is 6.67. The summed E-state index contributed by atoms with van der Waals surface area (Å²) in [5.41, 5.74) is 0.704. The van der Waals surface area contributed by atoms with Gasteiger partial charge < -0.3 is 15.3 Å². The molecule has 2 amide bonds. The Labute approximate surface area is 126 Å². The fraction of sp³-hybridized carbons (Fsp3) is 0.429. The number of hydrogen-bond donors (Lipinski definition) is 2. The van der Waals surface area contributed by atoms with Gasteiger partial charge in [0.15, 0.2) is 0 Å². The number of benzene rings is 1. The molecule has 1 aromatic carbocycles. The molecule has 2 rings (SSSR count). The van der Waals surface area contributed by atoms with E-state index < -0.39 is 11.8 Å². The smallest absolute Gasteiger partial charge is 0.317 e. The predicted molar refractivity (Wildman–Crippen MR) is 75.6 cm³/mol. The van der Waals surface area contributed by atoms with Crippen molar-refractivity contribution in [3.05, 3.63) is 34.6 Å². The molecule has 0 atom stereocenters. The number of rotatable bonds is 3. The fourth-order valence-electron chi connectivity index (χ4n) is 2.27. The Kier molecular flexibility index (Phi) is 5.01. The van der Waals surface area contributed by atoms with Gasteiger partial charge in [-0.15, -0.1) is 0 Å². The lowest BCUT2D eigenvalue weighted by atomic mass is 9.97. The Balaban J connectivity index is 1.82. The lowest BCUT2D eigenvalue weighted by Gasteiger charge is -2.30. The first-order valence-corrected chi connectivity index (χ1v) is 7.04. The van der Waals surface area contributed by atoms with E-state index in [4.69, 9.17) is 16.7 Å². The number of piperidine rings is 1. The average Bonchev–Trinajstić information content (AvgIpc) is 2.48. The van der Waals surface area contributed by atoms with Gasteiger partial charge in [-0.3, -0.25) is 4.79 Å². The zero-order chi connectivity index (χ0) is 15.4. The normalized spacial score (nSPS) is 15.8. The largest absolute Gasteiger partial charge is 0.481 e. The highest BCUT2D eigenvalue weighted by atomic mass is 35.5. The van der Waals surface area contributed by atoms with Crippen LogP contribution < -0.4 is 5.32 Å². The minimum absolute atomic E-state index is 0.0176. The first kappa shape index (κ1) is 15.6. The van der Waals surface area contributed by atoms with E-state index in [1.807, 2.05) is 0 Å². The lowest BCUT2D eigenvalue weighted by molar-refractivity contribution is -0.143. The molecule has 21 heavy (non-hydrogen) atoms. The van der Waals surface area contributed by atoms with Crippen LogP contribution in [0.1, 0.15) is 18.4 Å². The van der Waals surface area contributed by atoms with Crippen molar-refractivity contribution in [2.24, 2.45) is 5.92 Å². The number of hydrogen-bond acceptors (Lipinski definition) is 2. The maximum atomic E-state index is 13.0. The molecule has 0 aromatic heterocycles. The van der Waals surface area contributed by atoms with Gasteiger partial charge in [0.25, 0.3) is 0 Å². The van der Waals surface area contributed by atoms with E-state index in [1.54, 1.807) is 11.0 Å². The van der Waals surface area contributed by atoms with Gasteiger partial charge in [-0.1, -0.05) is 17.7 Å². The Morgan fingerprint density at radius 3 is 2.62 bits per heavy atom. The van der Waals surface area contributed by atoms with Gasteiger partial charge in [0.1, 0.15) is 5.82 Å². The van der Waals surface area contributed by atoms with Crippen LogP contribution in [0.4, 0.5) is 9.18 Å². The highest BCUT2D eigenvalue weighted by Crippen LogP contribution is 2.18. The van der Waals surface area contributed by atoms with Crippen LogP contribution in [0.25, 0.3) is 0 Å². The molecule has 7 heteroatoms. The number of urea groups is 1. The number of carboxylic acids is 1. The summed E-state index contributed by atoms with van der Waals surface area (Å²) in [6.07, 6.45) is 0.927. The number of nitrogens with zero attached hydrogens (tertiary/aromatic N) is 1. The number of likely N-dealkylation sites (tertiary alicyclic amines) is 1. The van der Waals surface area contributed by atoms with Crippen molar-refractivity contribution in [1.82, 2.24) is 10.2 Å². The van der Waals surface area contributed by atoms with E-state index in [-0.39, 0.29) is 23.5 Å². The maximum Gasteiger partial charge on any atom is 0.317 e. The third kappa shape index (κ3) is 4.07. The second kappa shape index (κ2) is 6.76. The standard InChI is InChI=1S/C14H16ClFN2O3/c15-11-7-9(1-2-12(11)16)8-17-14(21)18-5-3-10(4-6-18)13(19)20/h1-2,7,10H,3-6,8H2,(H,17,21)(H,19,20). The molecule has 1 saturated heterocycles. The summed E-state index contributed by atoms with van der Waals surface area (Å²) in [6.45, 7) is 1.09. The molecule has 1 heterocycles. The van der Waals surface area contributed by atoms with Crippen LogP contribution in [0.5, 0.6) is 0 Å². The van der Waals surface area contributed by atoms with Gasteiger partial charge in [-0.05, 0) is 30.5 Å². The molecule has 0 bridgehead atoms. The minimum atomic E-state index is -0.809. The average molecular weight is 315 g/mol. The monoisotopic (exact) mass is 314 g/mol. The summed E-state index contributed by atoms with van der Waals surface area (Å²) in [5, 5.41) is 11.6. The zero-order valence-electron chi connectivity index (χ0n) is 11.3. The van der Waals surface area contributed by atoms with Crippen molar-refractivity contribution >= 4 is 23.6 Å². The number of carbonyl (C=O) groups excluding carboxylic acids is 1. The minimum Gasteiger partial charge on any atom is -0.481 e. The van der Waals surface area contributed by atoms with Crippen LogP contribution in [0.15, 0.2) is 18.2 Å². The summed E-state index contributed by atoms with van der Waals surface area (Å²) < 4.78 is 13.0. The molecule has 1 aliphatic heterocycles. The van der Waals surface area contributed by atoms with Crippen molar-refractivity contribution in [1.29, 1.82) is 0 Å². The van der Waals surface area contributed by atoms with Gasteiger partial charge in [0.2, 0.25) is 0 Å². The lowest BCUT2D eigenvalue weighted by Crippen LogP contribution is -2.45. The number of carboxylic acid groups (broad SMARTS) is 1. The molecule has 0 aliphatic carbocycles. The van der Waals surface area contributed by atoms with Crippen molar-refractivity contribution in [3.63, 3.8) is 0 Å². The molecule has 1 fully saturated rings. The Hall–Kier alpha value is -1.82. The number of aliphatic carboxylic acids is 1. The van der Waals surface area contributed by atoms with Gasteiger partial charge >= 0.3 is 12.0 Å². The van der Waals surface area contributed by atoms with Crippen LogP contribution in [0, 0.1) is 11.7 Å². The first-order chi connectivity index (χ1) is 9.97. The number of amides is 2. The molecule has 114 valence electrons. The molecule has 1 aromatic rings. The fourth-order valence-corrected chi connectivity index (χ4v) is 2.47. The van der Waals surface area contributed by atoms with E-state index in [9.17, 15) is 14.0 Å². The van der Waals surface area contributed by atoms with E-state index in [1.165, 1.54) is 12.1 Å². The number of halogens is 2. The summed E-state index contributed by atoms with van der Waals surface area (Å²) in [4.78, 5) is 24.4. The van der Waals surface area contributed by atoms with Crippen LogP contribution >= 0.6 is 11.6 Å². The van der Waals surface area contributed by atoms with Gasteiger partial charge in [-0.2, -0.15) is 0 Å². The number of nitrogens with one attached hydrogen (secondary N) is 1. The van der Waals surface area contributed by atoms with Crippen LogP contribution in [-0.2, 0) is 11.3 Å². The van der Waals surface area contributed by atoms with Gasteiger partial charge in [0, 0.05) is 19.6 Å². The molecule has 2 N–H and O–H groups in total. The Morgan fingerprint density at radius 1 is 1.38 bits per heavy atom. The van der Waals surface area contributed by atoms with E-state index in [0.717, 1.165) is 0 Å². The maximum absolute atomic E-state index is 13.0. The summed E-state index contributed by atoms with van der Waals surface area (Å²) in [7, 11) is 0. The molecule has 5 nitrogen and oxygen atoms in total. The van der Waals surface area contributed by atoms with Crippen molar-refractivity contribution in [3.8, 4) is 0 Å². The number of carbonyl (C=O) groups is 2. The van der Waals surface area contributed by atoms with Gasteiger partial charge in [0.05, 0.1) is 10.9 Å². The molecular weight excluding hydrogens is 299 g/mol. The third-order valence-corrected chi connectivity index (χ3v) is 3.85. The Morgan fingerprint density at radius 2 is 2.05 bits per heavy atom. The predicted octanol–water partition coefficient (Wildman–Crippen LogP) is 2.49. The molecule has 0 spiro atoms. The zero-order valence-corrected chi connectivity index (χ0v) is 12.1.